The van der Waals surface area contributed by atoms with E-state index in [4.69, 9.17) is 11.6 Å². The third kappa shape index (κ3) is 3.31. The van der Waals surface area contributed by atoms with Gasteiger partial charge >= 0.3 is 0 Å². The van der Waals surface area contributed by atoms with Crippen molar-refractivity contribution in [1.82, 2.24) is 0 Å². The third-order valence-corrected chi connectivity index (χ3v) is 3.51. The molecule has 0 fully saturated rings. The van der Waals surface area contributed by atoms with E-state index in [-0.39, 0.29) is 5.82 Å². The minimum Gasteiger partial charge on any atom is -0.388 e. The normalized spacial score (nSPS) is 12.4. The largest absolute Gasteiger partial charge is 0.388 e. The Bertz CT molecular complexity index is 559. The molecule has 0 aromatic heterocycles. The zero-order valence-corrected chi connectivity index (χ0v) is 11.7. The maximum absolute atomic E-state index is 13.1. The fourth-order valence-corrected chi connectivity index (χ4v) is 2.48. The minimum absolute atomic E-state index is 0.353. The van der Waals surface area contributed by atoms with Crippen LogP contribution in [0.3, 0.4) is 0 Å². The molecule has 0 heterocycles. The van der Waals surface area contributed by atoms with Crippen molar-refractivity contribution in [3.05, 3.63) is 68.9 Å². The Morgan fingerprint density at radius 3 is 2.67 bits per heavy atom. The van der Waals surface area contributed by atoms with Crippen LogP contribution in [-0.4, -0.2) is 5.11 Å². The Labute approximate surface area is 118 Å². The topological polar surface area (TPSA) is 20.2 Å². The molecule has 2 rings (SSSR count). The molecule has 4 heteroatoms. The van der Waals surface area contributed by atoms with Gasteiger partial charge in [-0.15, -0.1) is 0 Å². The van der Waals surface area contributed by atoms with Crippen LogP contribution in [0.2, 0.25) is 5.02 Å². The summed E-state index contributed by atoms with van der Waals surface area (Å²) in [6.07, 6.45) is -0.408. The van der Waals surface area contributed by atoms with E-state index in [0.29, 0.717) is 17.0 Å². The molecule has 1 N–H and O–H groups in total. The molecular formula is C14H11BrClFO. The van der Waals surface area contributed by atoms with Gasteiger partial charge in [-0.1, -0.05) is 45.7 Å². The van der Waals surface area contributed by atoms with E-state index in [0.717, 1.165) is 10.0 Å². The standard InChI is InChI=1S/C14H11BrClFO/c15-11-5-4-9(13(16)8-11)7-14(18)10-2-1-3-12(17)6-10/h1-6,8,14,18H,7H2. The lowest BCUT2D eigenvalue weighted by molar-refractivity contribution is 0.178. The van der Waals surface area contributed by atoms with Gasteiger partial charge in [0.25, 0.3) is 0 Å². The highest BCUT2D eigenvalue weighted by Gasteiger charge is 2.11. The molecule has 94 valence electrons. The molecule has 0 bridgehead atoms. The van der Waals surface area contributed by atoms with Crippen molar-refractivity contribution in [1.29, 1.82) is 0 Å². The second-order valence-electron chi connectivity index (χ2n) is 4.01. The smallest absolute Gasteiger partial charge is 0.123 e. The van der Waals surface area contributed by atoms with E-state index >= 15 is 0 Å². The van der Waals surface area contributed by atoms with Crippen LogP contribution in [-0.2, 0) is 6.42 Å². The number of aliphatic hydroxyl groups excluding tert-OH is 1. The van der Waals surface area contributed by atoms with Crippen molar-refractivity contribution in [2.45, 2.75) is 12.5 Å². The fraction of sp³-hybridized carbons (Fsp3) is 0.143. The summed E-state index contributed by atoms with van der Waals surface area (Å²) < 4.78 is 13.9. The highest BCUT2D eigenvalue weighted by Crippen LogP contribution is 2.26. The molecule has 0 radical (unpaired) electrons. The van der Waals surface area contributed by atoms with Crippen molar-refractivity contribution >= 4 is 27.5 Å². The Morgan fingerprint density at radius 1 is 1.22 bits per heavy atom. The first kappa shape index (κ1) is 13.5. The summed E-state index contributed by atoms with van der Waals surface area (Å²) in [5.41, 5.74) is 1.38. The van der Waals surface area contributed by atoms with E-state index in [1.54, 1.807) is 18.2 Å². The SMILES string of the molecule is OC(Cc1ccc(Br)cc1Cl)c1cccc(F)c1. The molecule has 0 aliphatic heterocycles. The lowest BCUT2D eigenvalue weighted by atomic mass is 10.0. The van der Waals surface area contributed by atoms with Gasteiger partial charge in [0, 0.05) is 15.9 Å². The first-order valence-electron chi connectivity index (χ1n) is 5.44. The van der Waals surface area contributed by atoms with Crippen molar-refractivity contribution in [2.24, 2.45) is 0 Å². The molecule has 1 unspecified atom stereocenters. The number of hydrogen-bond donors (Lipinski definition) is 1. The molecule has 0 spiro atoms. The van der Waals surface area contributed by atoms with Crippen LogP contribution in [0, 0.1) is 5.82 Å². The lowest BCUT2D eigenvalue weighted by Gasteiger charge is -2.12. The fourth-order valence-electron chi connectivity index (χ4n) is 1.73. The van der Waals surface area contributed by atoms with Gasteiger partial charge < -0.3 is 5.11 Å². The molecule has 18 heavy (non-hydrogen) atoms. The van der Waals surface area contributed by atoms with Gasteiger partial charge in [0.15, 0.2) is 0 Å². The molecular weight excluding hydrogens is 319 g/mol. The second kappa shape index (κ2) is 5.83. The van der Waals surface area contributed by atoms with Gasteiger partial charge in [-0.2, -0.15) is 0 Å². The number of rotatable bonds is 3. The Hall–Kier alpha value is -0.900. The predicted octanol–water partition coefficient (Wildman–Crippen LogP) is 4.52. The van der Waals surface area contributed by atoms with Crippen LogP contribution in [0.1, 0.15) is 17.2 Å². The molecule has 0 saturated heterocycles. The number of hydrogen-bond acceptors (Lipinski definition) is 1. The first-order chi connectivity index (χ1) is 8.56. The molecule has 2 aromatic carbocycles. The van der Waals surface area contributed by atoms with Crippen LogP contribution in [0.4, 0.5) is 4.39 Å². The minimum atomic E-state index is -0.764. The van der Waals surface area contributed by atoms with Crippen LogP contribution < -0.4 is 0 Å². The number of aliphatic hydroxyl groups is 1. The van der Waals surface area contributed by atoms with Gasteiger partial charge in [0.1, 0.15) is 5.82 Å². The van der Waals surface area contributed by atoms with E-state index < -0.39 is 6.10 Å². The summed E-state index contributed by atoms with van der Waals surface area (Å²) in [5, 5.41) is 10.6. The summed E-state index contributed by atoms with van der Waals surface area (Å²) in [5.74, 6) is -0.353. The monoisotopic (exact) mass is 328 g/mol. The van der Waals surface area contributed by atoms with Crippen LogP contribution in [0.5, 0.6) is 0 Å². The quantitative estimate of drug-likeness (QED) is 0.878. The second-order valence-corrected chi connectivity index (χ2v) is 5.33. The maximum atomic E-state index is 13.1. The molecule has 2 aromatic rings. The lowest BCUT2D eigenvalue weighted by Crippen LogP contribution is -2.02. The molecule has 0 saturated carbocycles. The van der Waals surface area contributed by atoms with Crippen molar-refractivity contribution in [3.8, 4) is 0 Å². The van der Waals surface area contributed by atoms with E-state index in [9.17, 15) is 9.50 Å². The Balaban J connectivity index is 2.18. The molecule has 0 amide bonds. The Morgan fingerprint density at radius 2 is 2.00 bits per heavy atom. The first-order valence-corrected chi connectivity index (χ1v) is 6.61. The molecule has 1 atom stereocenters. The van der Waals surface area contributed by atoms with E-state index in [1.165, 1.54) is 12.1 Å². The van der Waals surface area contributed by atoms with Crippen molar-refractivity contribution < 1.29 is 9.50 Å². The summed E-state index contributed by atoms with van der Waals surface area (Å²) in [6, 6.07) is 11.4. The van der Waals surface area contributed by atoms with Gasteiger partial charge in [-0.25, -0.2) is 4.39 Å². The third-order valence-electron chi connectivity index (χ3n) is 2.66. The molecule has 0 aliphatic rings. The average Bonchev–Trinajstić information content (AvgIpc) is 2.32. The molecule has 1 nitrogen and oxygen atoms in total. The van der Waals surface area contributed by atoms with Gasteiger partial charge in [-0.05, 0) is 35.4 Å². The maximum Gasteiger partial charge on any atom is 0.123 e. The van der Waals surface area contributed by atoms with E-state index in [2.05, 4.69) is 15.9 Å². The highest BCUT2D eigenvalue weighted by molar-refractivity contribution is 9.10. The zero-order valence-electron chi connectivity index (χ0n) is 9.41. The van der Waals surface area contributed by atoms with Gasteiger partial charge in [-0.3, -0.25) is 0 Å². The van der Waals surface area contributed by atoms with E-state index in [1.807, 2.05) is 12.1 Å². The average molecular weight is 330 g/mol. The van der Waals surface area contributed by atoms with Crippen LogP contribution in [0.25, 0.3) is 0 Å². The molecule has 0 aliphatic carbocycles. The van der Waals surface area contributed by atoms with Crippen molar-refractivity contribution in [2.75, 3.05) is 0 Å². The summed E-state index contributed by atoms with van der Waals surface area (Å²) in [7, 11) is 0. The summed E-state index contributed by atoms with van der Waals surface area (Å²) in [4.78, 5) is 0. The number of halogens is 3. The predicted molar refractivity (Wildman–Crippen MR) is 74.2 cm³/mol. The highest BCUT2D eigenvalue weighted by atomic mass is 79.9. The Kier molecular flexibility index (Phi) is 4.38. The van der Waals surface area contributed by atoms with Crippen LogP contribution in [0.15, 0.2) is 46.9 Å². The number of benzene rings is 2. The van der Waals surface area contributed by atoms with Crippen LogP contribution >= 0.6 is 27.5 Å². The summed E-state index contributed by atoms with van der Waals surface area (Å²) >= 11 is 9.40. The zero-order chi connectivity index (χ0) is 13.1. The van der Waals surface area contributed by atoms with Crippen molar-refractivity contribution in [3.63, 3.8) is 0 Å². The summed E-state index contributed by atoms with van der Waals surface area (Å²) in [6.45, 7) is 0. The van der Waals surface area contributed by atoms with Gasteiger partial charge in [0.2, 0.25) is 0 Å². The van der Waals surface area contributed by atoms with Gasteiger partial charge in [0.05, 0.1) is 6.10 Å².